The highest BCUT2D eigenvalue weighted by atomic mass is 127. The van der Waals surface area contributed by atoms with E-state index in [1.165, 1.54) is 22.6 Å². The molecule has 7 heteroatoms. The molecule has 0 amide bonds. The van der Waals surface area contributed by atoms with Crippen molar-refractivity contribution in [2.24, 2.45) is 0 Å². The Morgan fingerprint density at radius 1 is 1.57 bits per heavy atom. The van der Waals surface area contributed by atoms with E-state index >= 15 is 0 Å². The minimum absolute atomic E-state index is 0.385. The summed E-state index contributed by atoms with van der Waals surface area (Å²) < 4.78 is 37.2. The van der Waals surface area contributed by atoms with Crippen molar-refractivity contribution in [2.75, 3.05) is 0 Å². The van der Waals surface area contributed by atoms with Crippen molar-refractivity contribution in [3.05, 3.63) is 26.8 Å². The standard InChI is InChI=1S/C7H2ClF3INO/c8-5(14)2-1-13-7(11)4(12)3(2)6(9)10/h1,6H. The Morgan fingerprint density at radius 3 is 2.57 bits per heavy atom. The van der Waals surface area contributed by atoms with Crippen molar-refractivity contribution >= 4 is 39.4 Å². The van der Waals surface area contributed by atoms with E-state index in [9.17, 15) is 18.0 Å². The summed E-state index contributed by atoms with van der Waals surface area (Å²) in [6.45, 7) is 0. The molecule has 0 saturated heterocycles. The number of pyridine rings is 1. The van der Waals surface area contributed by atoms with Crippen LogP contribution in [0.1, 0.15) is 22.3 Å². The average Bonchev–Trinajstić information content (AvgIpc) is 2.08. The Labute approximate surface area is 95.6 Å². The minimum atomic E-state index is -2.96. The molecule has 14 heavy (non-hydrogen) atoms. The van der Waals surface area contributed by atoms with Gasteiger partial charge in [-0.05, 0) is 34.2 Å². The summed E-state index contributed by atoms with van der Waals surface area (Å²) in [5.41, 5.74) is -1.18. The minimum Gasteiger partial charge on any atom is -0.276 e. The number of halogens is 5. The van der Waals surface area contributed by atoms with E-state index in [1.54, 1.807) is 0 Å². The lowest BCUT2D eigenvalue weighted by Gasteiger charge is -2.07. The van der Waals surface area contributed by atoms with Crippen LogP contribution in [-0.2, 0) is 0 Å². The Morgan fingerprint density at radius 2 is 2.14 bits per heavy atom. The maximum absolute atomic E-state index is 12.8. The number of aromatic nitrogens is 1. The van der Waals surface area contributed by atoms with Crippen LogP contribution in [0.3, 0.4) is 0 Å². The van der Waals surface area contributed by atoms with Crippen LogP contribution in [0, 0.1) is 9.52 Å². The third-order valence-electron chi connectivity index (χ3n) is 1.44. The zero-order valence-electron chi connectivity index (χ0n) is 6.40. The number of hydrogen-bond donors (Lipinski definition) is 0. The quantitative estimate of drug-likeness (QED) is 0.472. The summed E-state index contributed by atoms with van der Waals surface area (Å²) >= 11 is 6.39. The molecule has 1 aromatic rings. The van der Waals surface area contributed by atoms with E-state index in [4.69, 9.17) is 11.6 Å². The molecule has 0 N–H and O–H groups in total. The molecule has 0 saturated carbocycles. The van der Waals surface area contributed by atoms with Crippen molar-refractivity contribution in [1.29, 1.82) is 0 Å². The van der Waals surface area contributed by atoms with Gasteiger partial charge in [0.15, 0.2) is 0 Å². The summed E-state index contributed by atoms with van der Waals surface area (Å²) in [4.78, 5) is 13.8. The van der Waals surface area contributed by atoms with E-state index in [-0.39, 0.29) is 3.57 Å². The third-order valence-corrected chi connectivity index (χ3v) is 2.67. The zero-order chi connectivity index (χ0) is 10.9. The van der Waals surface area contributed by atoms with Crippen LogP contribution >= 0.6 is 34.2 Å². The molecule has 1 aromatic heterocycles. The van der Waals surface area contributed by atoms with Crippen molar-refractivity contribution in [3.63, 3.8) is 0 Å². The molecule has 0 fully saturated rings. The van der Waals surface area contributed by atoms with E-state index in [0.717, 1.165) is 0 Å². The molecule has 0 aliphatic rings. The molecule has 0 atom stereocenters. The van der Waals surface area contributed by atoms with E-state index in [1.807, 2.05) is 0 Å². The van der Waals surface area contributed by atoms with Crippen LogP contribution < -0.4 is 0 Å². The number of alkyl halides is 2. The molecule has 0 unspecified atom stereocenters. The average molecular weight is 335 g/mol. The molecule has 0 aliphatic carbocycles. The first-order valence-corrected chi connectivity index (χ1v) is 4.72. The summed E-state index contributed by atoms with van der Waals surface area (Å²) in [7, 11) is 0. The van der Waals surface area contributed by atoms with E-state index in [0.29, 0.717) is 6.20 Å². The van der Waals surface area contributed by atoms with Gasteiger partial charge in [0, 0.05) is 11.8 Å². The lowest BCUT2D eigenvalue weighted by atomic mass is 10.1. The van der Waals surface area contributed by atoms with Crippen LogP contribution in [0.5, 0.6) is 0 Å². The van der Waals surface area contributed by atoms with Gasteiger partial charge in [0.05, 0.1) is 9.13 Å². The van der Waals surface area contributed by atoms with Gasteiger partial charge >= 0.3 is 0 Å². The lowest BCUT2D eigenvalue weighted by Crippen LogP contribution is -2.05. The Balaban J connectivity index is 3.45. The first kappa shape index (κ1) is 11.7. The largest absolute Gasteiger partial charge is 0.276 e. The molecule has 0 bridgehead atoms. The molecule has 1 heterocycles. The maximum atomic E-state index is 12.8. The predicted molar refractivity (Wildman–Crippen MR) is 52.1 cm³/mol. The fourth-order valence-electron chi connectivity index (χ4n) is 0.847. The fourth-order valence-corrected chi connectivity index (χ4v) is 1.66. The number of carbonyl (C=O) groups excluding carboxylic acids is 1. The van der Waals surface area contributed by atoms with Crippen LogP contribution in [0.15, 0.2) is 6.20 Å². The van der Waals surface area contributed by atoms with Crippen molar-refractivity contribution in [1.82, 2.24) is 4.98 Å². The number of carbonyl (C=O) groups is 1. The van der Waals surface area contributed by atoms with Gasteiger partial charge in [0.1, 0.15) is 0 Å². The third kappa shape index (κ3) is 2.17. The Bertz CT molecular complexity index is 385. The van der Waals surface area contributed by atoms with Crippen LogP contribution in [0.4, 0.5) is 13.2 Å². The van der Waals surface area contributed by atoms with Gasteiger partial charge in [-0.15, -0.1) is 0 Å². The number of nitrogens with zero attached hydrogens (tertiary/aromatic N) is 1. The maximum Gasteiger partial charge on any atom is 0.265 e. The molecular weight excluding hydrogens is 333 g/mol. The van der Waals surface area contributed by atoms with Crippen molar-refractivity contribution in [2.45, 2.75) is 6.43 Å². The van der Waals surface area contributed by atoms with E-state index < -0.39 is 28.7 Å². The summed E-state index contributed by atoms with van der Waals surface area (Å²) in [5.74, 6) is -1.04. The summed E-state index contributed by atoms with van der Waals surface area (Å²) in [6.07, 6.45) is -2.26. The summed E-state index contributed by atoms with van der Waals surface area (Å²) in [6, 6.07) is 0. The Kier molecular flexibility index (Phi) is 3.71. The summed E-state index contributed by atoms with van der Waals surface area (Å²) in [5, 5.41) is -1.08. The SMILES string of the molecule is O=C(Cl)c1cnc(F)c(I)c1C(F)F. The first-order valence-electron chi connectivity index (χ1n) is 3.27. The molecule has 0 aliphatic heterocycles. The van der Waals surface area contributed by atoms with E-state index in [2.05, 4.69) is 4.98 Å². The van der Waals surface area contributed by atoms with Gasteiger partial charge in [-0.2, -0.15) is 4.39 Å². The highest BCUT2D eigenvalue weighted by Crippen LogP contribution is 2.29. The van der Waals surface area contributed by atoms with Gasteiger partial charge < -0.3 is 0 Å². The zero-order valence-corrected chi connectivity index (χ0v) is 9.31. The van der Waals surface area contributed by atoms with Gasteiger partial charge in [-0.25, -0.2) is 13.8 Å². The smallest absolute Gasteiger partial charge is 0.265 e. The highest BCUT2D eigenvalue weighted by molar-refractivity contribution is 14.1. The van der Waals surface area contributed by atoms with Gasteiger partial charge in [-0.3, -0.25) is 4.79 Å². The molecule has 0 radical (unpaired) electrons. The topological polar surface area (TPSA) is 30.0 Å². The second-order valence-corrected chi connectivity index (χ2v) is 3.69. The highest BCUT2D eigenvalue weighted by Gasteiger charge is 2.23. The fraction of sp³-hybridized carbons (Fsp3) is 0.143. The molecule has 76 valence electrons. The molecule has 1 rings (SSSR count). The number of hydrogen-bond acceptors (Lipinski definition) is 2. The van der Waals surface area contributed by atoms with Crippen LogP contribution in [-0.4, -0.2) is 10.2 Å². The molecule has 0 aromatic carbocycles. The second kappa shape index (κ2) is 4.43. The number of rotatable bonds is 2. The second-order valence-electron chi connectivity index (χ2n) is 2.26. The molecule has 2 nitrogen and oxygen atoms in total. The van der Waals surface area contributed by atoms with Gasteiger partial charge in [0.25, 0.3) is 11.7 Å². The Hall–Kier alpha value is -0.370. The van der Waals surface area contributed by atoms with Gasteiger partial charge in [0.2, 0.25) is 5.95 Å². The van der Waals surface area contributed by atoms with Crippen LogP contribution in [0.2, 0.25) is 0 Å². The first-order chi connectivity index (χ1) is 6.45. The lowest BCUT2D eigenvalue weighted by molar-refractivity contribution is 0.106. The van der Waals surface area contributed by atoms with Crippen molar-refractivity contribution in [3.8, 4) is 0 Å². The molecule has 0 spiro atoms. The van der Waals surface area contributed by atoms with Gasteiger partial charge in [-0.1, -0.05) is 0 Å². The molecular formula is C7H2ClF3INO. The monoisotopic (exact) mass is 335 g/mol. The van der Waals surface area contributed by atoms with Crippen molar-refractivity contribution < 1.29 is 18.0 Å². The van der Waals surface area contributed by atoms with Crippen LogP contribution in [0.25, 0.3) is 0 Å². The normalized spacial score (nSPS) is 10.7. The predicted octanol–water partition coefficient (Wildman–Crippen LogP) is 3.14.